The number of allylic oxidation sites excluding steroid dienone is 6. The highest BCUT2D eigenvalue weighted by molar-refractivity contribution is 6.03. The minimum absolute atomic E-state index is 0.0374. The number of amides is 1. The molecule has 0 atom stereocenters. The molecule has 2 N–H and O–H groups in total. The minimum atomic E-state index is -0.124. The van der Waals surface area contributed by atoms with Gasteiger partial charge in [0.25, 0.3) is 0 Å². The second-order valence-corrected chi connectivity index (χ2v) is 11.9. The summed E-state index contributed by atoms with van der Waals surface area (Å²) in [5.41, 5.74) is 8.35. The summed E-state index contributed by atoms with van der Waals surface area (Å²) in [7, 11) is 0. The zero-order valence-corrected chi connectivity index (χ0v) is 26.1. The predicted octanol–water partition coefficient (Wildman–Crippen LogP) is 6.55. The molecule has 5 nitrogen and oxygen atoms in total. The van der Waals surface area contributed by atoms with Crippen LogP contribution >= 0.6 is 0 Å². The molecule has 220 valence electrons. The van der Waals surface area contributed by atoms with Gasteiger partial charge in [0.2, 0.25) is 11.6 Å². The monoisotopic (exact) mass is 564 g/mol. The first kappa shape index (κ1) is 31.1. The molecule has 4 rings (SSSR count). The van der Waals surface area contributed by atoms with Crippen LogP contribution in [0.5, 0.6) is 0 Å². The predicted molar refractivity (Wildman–Crippen MR) is 174 cm³/mol. The van der Waals surface area contributed by atoms with Gasteiger partial charge in [-0.25, -0.2) is 0 Å². The number of rotatable bonds is 10. The van der Waals surface area contributed by atoms with E-state index in [0.29, 0.717) is 25.8 Å². The van der Waals surface area contributed by atoms with Gasteiger partial charge in [-0.05, 0) is 64.0 Å². The summed E-state index contributed by atoms with van der Waals surface area (Å²) in [6, 6.07) is 17.3. The molecular formula is C37H46N3O2+. The molecule has 2 aromatic rings. The lowest BCUT2D eigenvalue weighted by Gasteiger charge is -2.25. The van der Waals surface area contributed by atoms with Crippen molar-refractivity contribution in [3.63, 3.8) is 0 Å². The normalized spacial score (nSPS) is 17.8. The number of benzene rings is 2. The summed E-state index contributed by atoms with van der Waals surface area (Å²) >= 11 is 0. The van der Waals surface area contributed by atoms with E-state index in [1.54, 1.807) is 0 Å². The van der Waals surface area contributed by atoms with Crippen LogP contribution in [0.25, 0.3) is 0 Å². The number of likely N-dealkylation sites (N-methyl/N-ethyl adjacent to an activating group) is 1. The fraction of sp³-hybridized carbons (Fsp3) is 0.405. The largest absolute Gasteiger partial charge is 0.396 e. The molecule has 0 saturated heterocycles. The van der Waals surface area contributed by atoms with Crippen LogP contribution in [0.3, 0.4) is 0 Å². The Morgan fingerprint density at radius 3 is 2.45 bits per heavy atom. The molecule has 2 aliphatic rings. The zero-order valence-electron chi connectivity index (χ0n) is 26.1. The van der Waals surface area contributed by atoms with Crippen molar-refractivity contribution in [1.29, 1.82) is 0 Å². The molecule has 42 heavy (non-hydrogen) atoms. The molecule has 5 heteroatoms. The van der Waals surface area contributed by atoms with Crippen LogP contribution in [0, 0.1) is 11.8 Å². The van der Waals surface area contributed by atoms with Crippen LogP contribution in [0.15, 0.2) is 84.1 Å². The third kappa shape index (κ3) is 6.30. The summed E-state index contributed by atoms with van der Waals surface area (Å²) in [6.07, 6.45) is 10.1. The molecule has 0 bridgehead atoms. The van der Waals surface area contributed by atoms with Gasteiger partial charge in [0.15, 0.2) is 5.71 Å². The smallest absolute Gasteiger partial charge is 0.220 e. The van der Waals surface area contributed by atoms with Crippen molar-refractivity contribution in [2.75, 3.05) is 31.1 Å². The highest BCUT2D eigenvalue weighted by Crippen LogP contribution is 2.47. The lowest BCUT2D eigenvalue weighted by molar-refractivity contribution is -0.433. The maximum absolute atomic E-state index is 12.1. The first-order chi connectivity index (χ1) is 20.2. The van der Waals surface area contributed by atoms with Crippen LogP contribution in [-0.4, -0.2) is 47.5 Å². The van der Waals surface area contributed by atoms with Crippen LogP contribution in [-0.2, 0) is 15.6 Å². The second-order valence-electron chi connectivity index (χ2n) is 11.9. The average molecular weight is 565 g/mol. The van der Waals surface area contributed by atoms with Crippen molar-refractivity contribution in [2.24, 2.45) is 0 Å². The number of nitrogens with one attached hydrogen (secondary N) is 1. The lowest BCUT2D eigenvalue weighted by Crippen LogP contribution is -2.27. The average Bonchev–Trinajstić information content (AvgIpc) is 3.34. The number of carbonyl (C=O) groups is 1. The summed E-state index contributed by atoms with van der Waals surface area (Å²) in [6.45, 7) is 15.9. The van der Waals surface area contributed by atoms with Crippen molar-refractivity contribution in [2.45, 2.75) is 71.6 Å². The van der Waals surface area contributed by atoms with Gasteiger partial charge in [-0.2, -0.15) is 4.58 Å². The molecule has 0 fully saturated rings. The Labute approximate surface area is 252 Å². The van der Waals surface area contributed by atoms with Crippen LogP contribution in [0.1, 0.15) is 71.9 Å². The van der Waals surface area contributed by atoms with E-state index in [4.69, 9.17) is 5.11 Å². The molecule has 2 aliphatic heterocycles. The first-order valence-electron chi connectivity index (χ1n) is 15.2. The maximum atomic E-state index is 12.1. The van der Waals surface area contributed by atoms with E-state index in [1.165, 1.54) is 33.9 Å². The second kappa shape index (κ2) is 13.4. The molecular weight excluding hydrogens is 518 g/mol. The lowest BCUT2D eigenvalue weighted by atomic mass is 9.81. The quantitative estimate of drug-likeness (QED) is 0.149. The minimum Gasteiger partial charge on any atom is -0.396 e. The van der Waals surface area contributed by atoms with Crippen molar-refractivity contribution < 1.29 is 14.5 Å². The van der Waals surface area contributed by atoms with Gasteiger partial charge < -0.3 is 15.3 Å². The van der Waals surface area contributed by atoms with Gasteiger partial charge >= 0.3 is 0 Å². The van der Waals surface area contributed by atoms with E-state index < -0.39 is 0 Å². The summed E-state index contributed by atoms with van der Waals surface area (Å²) in [5, 5.41) is 11.8. The zero-order chi connectivity index (χ0) is 30.3. The highest BCUT2D eigenvalue weighted by atomic mass is 16.3. The highest BCUT2D eigenvalue weighted by Gasteiger charge is 2.43. The van der Waals surface area contributed by atoms with Crippen LogP contribution in [0.2, 0.25) is 0 Å². The van der Waals surface area contributed by atoms with Gasteiger partial charge in [0.1, 0.15) is 6.54 Å². The van der Waals surface area contributed by atoms with Gasteiger partial charge in [-0.1, -0.05) is 62.1 Å². The number of hydrogen-bond acceptors (Lipinski definition) is 3. The Morgan fingerprint density at radius 2 is 1.74 bits per heavy atom. The molecule has 0 aromatic heterocycles. The van der Waals surface area contributed by atoms with E-state index in [-0.39, 0.29) is 23.3 Å². The van der Waals surface area contributed by atoms with Gasteiger partial charge in [-0.15, -0.1) is 0 Å². The fourth-order valence-corrected chi connectivity index (χ4v) is 6.18. The van der Waals surface area contributed by atoms with Crippen LogP contribution < -0.4 is 10.2 Å². The topological polar surface area (TPSA) is 55.6 Å². The van der Waals surface area contributed by atoms with Gasteiger partial charge in [0, 0.05) is 72.6 Å². The Bertz CT molecular complexity index is 1490. The van der Waals surface area contributed by atoms with E-state index in [2.05, 4.69) is 141 Å². The number of aliphatic hydroxyl groups is 1. The molecule has 0 spiro atoms. The Morgan fingerprint density at radius 1 is 1.02 bits per heavy atom. The summed E-state index contributed by atoms with van der Waals surface area (Å²) in [5.74, 6) is 6.56. The molecule has 0 unspecified atom stereocenters. The number of carbonyl (C=O) groups excluding carboxylic acids is 1. The Hall–Kier alpha value is -3.88. The molecule has 0 radical (unpaired) electrons. The van der Waals surface area contributed by atoms with Crippen molar-refractivity contribution in [3.8, 4) is 11.8 Å². The van der Waals surface area contributed by atoms with Gasteiger partial charge in [-0.3, -0.25) is 4.79 Å². The molecule has 2 heterocycles. The summed E-state index contributed by atoms with van der Waals surface area (Å²) in [4.78, 5) is 14.5. The molecule has 1 amide bonds. The number of anilines is 1. The molecule has 0 aliphatic carbocycles. The number of hydrogen-bond donors (Lipinski definition) is 2. The first-order valence-corrected chi connectivity index (χ1v) is 15.2. The standard InChI is InChI=1S/C37H45N3O2/c1-7-39-31-19-12-10-17-29(31)36(3,4)33(39)24-22-28(16-9-14-21-35(42)38-26-15-27-41)23-25-34-37(5,6)30-18-11-13-20-32(30)40(34)8-2/h10-13,17-20,22-25,41H,7-8,14-15,21,26-27H2,1-6H3/p+1. The Balaban J connectivity index is 1.68. The van der Waals surface area contributed by atoms with Crippen molar-refractivity contribution in [3.05, 3.63) is 95.2 Å². The summed E-state index contributed by atoms with van der Waals surface area (Å²) < 4.78 is 2.39. The van der Waals surface area contributed by atoms with Gasteiger partial charge in [0.05, 0.1) is 5.41 Å². The number of para-hydroxylation sites is 2. The number of fused-ring (bicyclic) bond motifs is 2. The number of nitrogens with zero attached hydrogens (tertiary/aromatic N) is 2. The van der Waals surface area contributed by atoms with E-state index in [0.717, 1.165) is 18.7 Å². The Kier molecular flexibility index (Phi) is 9.91. The van der Waals surface area contributed by atoms with E-state index >= 15 is 0 Å². The molecule has 2 aromatic carbocycles. The fourth-order valence-electron chi connectivity index (χ4n) is 6.18. The number of aliphatic hydroxyl groups excluding tert-OH is 1. The maximum Gasteiger partial charge on any atom is 0.220 e. The molecule has 0 saturated carbocycles. The SMILES string of the molecule is CCN1/C(=C/C=C(C#CCCC(=O)NCCCO)/C=C/C2=[N+](CC)c3ccccc3C2(C)C)C(C)(C)c2ccccc21. The van der Waals surface area contributed by atoms with Crippen molar-refractivity contribution >= 4 is 23.0 Å². The van der Waals surface area contributed by atoms with E-state index in [9.17, 15) is 4.79 Å². The third-order valence-corrected chi connectivity index (χ3v) is 8.44. The van der Waals surface area contributed by atoms with Crippen molar-refractivity contribution in [1.82, 2.24) is 5.32 Å². The van der Waals surface area contributed by atoms with Crippen LogP contribution in [0.4, 0.5) is 11.4 Å². The third-order valence-electron chi connectivity index (χ3n) is 8.44. The van der Waals surface area contributed by atoms with E-state index in [1.807, 2.05) is 0 Å².